The lowest BCUT2D eigenvalue weighted by Crippen LogP contribution is -2.32. The maximum Gasteiger partial charge on any atom is 0.414 e. The summed E-state index contributed by atoms with van der Waals surface area (Å²) in [5.74, 6) is 1.10. The van der Waals surface area contributed by atoms with Crippen LogP contribution in [0, 0.1) is 10.1 Å². The number of anilines is 2. The zero-order valence-corrected chi connectivity index (χ0v) is 16.5. The molecule has 2 aromatic heterocycles. The largest absolute Gasteiger partial charge is 0.497 e. The van der Waals surface area contributed by atoms with Gasteiger partial charge < -0.3 is 29.2 Å². The van der Waals surface area contributed by atoms with E-state index in [-0.39, 0.29) is 24.5 Å². The molecule has 0 spiro atoms. The van der Waals surface area contributed by atoms with Gasteiger partial charge in [0.05, 0.1) is 20.3 Å². The lowest BCUT2D eigenvalue weighted by Gasteiger charge is -2.22. The summed E-state index contributed by atoms with van der Waals surface area (Å²) >= 11 is 0. The number of methoxy groups -OCH3 is 1. The molecule has 0 radical (unpaired) electrons. The van der Waals surface area contributed by atoms with Gasteiger partial charge in [-0.1, -0.05) is 0 Å². The molecule has 4 rings (SSSR count). The Morgan fingerprint density at radius 3 is 2.70 bits per heavy atom. The van der Waals surface area contributed by atoms with E-state index in [9.17, 15) is 10.1 Å². The van der Waals surface area contributed by atoms with Crippen molar-refractivity contribution >= 4 is 17.5 Å². The van der Waals surface area contributed by atoms with Gasteiger partial charge in [0.1, 0.15) is 24.7 Å². The third kappa shape index (κ3) is 4.15. The molecule has 0 unspecified atom stereocenters. The number of fused-ring (bicyclic) bond motifs is 1. The van der Waals surface area contributed by atoms with Crippen molar-refractivity contribution in [1.29, 1.82) is 0 Å². The van der Waals surface area contributed by atoms with Crippen LogP contribution in [0.25, 0.3) is 0 Å². The number of aromatic nitrogens is 4. The minimum Gasteiger partial charge on any atom is -0.497 e. The highest BCUT2D eigenvalue weighted by atomic mass is 16.6. The van der Waals surface area contributed by atoms with Crippen LogP contribution >= 0.6 is 0 Å². The quantitative estimate of drug-likeness (QED) is 0.425. The molecule has 0 N–H and O–H groups in total. The molecule has 11 nitrogen and oxygen atoms in total. The zero-order valence-electron chi connectivity index (χ0n) is 16.5. The highest BCUT2D eigenvalue weighted by Gasteiger charge is 2.28. The Labute approximate surface area is 172 Å². The molecule has 0 bridgehead atoms. The second-order valence-corrected chi connectivity index (χ2v) is 6.68. The molecule has 0 fully saturated rings. The van der Waals surface area contributed by atoms with Gasteiger partial charge in [0.2, 0.25) is 5.95 Å². The Hall–Kier alpha value is -3.73. The summed E-state index contributed by atoms with van der Waals surface area (Å²) in [6, 6.07) is 7.84. The van der Waals surface area contributed by atoms with Crippen LogP contribution in [0.4, 0.5) is 17.5 Å². The van der Waals surface area contributed by atoms with E-state index < -0.39 is 4.92 Å². The van der Waals surface area contributed by atoms with Gasteiger partial charge in [0.15, 0.2) is 0 Å². The normalized spacial score (nSPS) is 15.2. The molecule has 0 saturated carbocycles. The summed E-state index contributed by atoms with van der Waals surface area (Å²) in [5.41, 5.74) is 1.74. The van der Waals surface area contributed by atoms with E-state index in [0.29, 0.717) is 19.1 Å². The Morgan fingerprint density at radius 1 is 1.30 bits per heavy atom. The minimum atomic E-state index is -0.549. The van der Waals surface area contributed by atoms with Crippen LogP contribution in [0.3, 0.4) is 0 Å². The third-order valence-electron chi connectivity index (χ3n) is 4.65. The van der Waals surface area contributed by atoms with Gasteiger partial charge in [-0.25, -0.2) is 9.97 Å². The first-order valence-electron chi connectivity index (χ1n) is 9.18. The summed E-state index contributed by atoms with van der Waals surface area (Å²) in [6.07, 6.45) is 4.50. The van der Waals surface area contributed by atoms with Gasteiger partial charge in [0.25, 0.3) is 0 Å². The van der Waals surface area contributed by atoms with Crippen molar-refractivity contribution < 1.29 is 19.1 Å². The lowest BCUT2D eigenvalue weighted by molar-refractivity contribution is -0.389. The second-order valence-electron chi connectivity index (χ2n) is 6.68. The number of hydrogen-bond acceptors (Lipinski definition) is 9. The monoisotopic (exact) mass is 412 g/mol. The van der Waals surface area contributed by atoms with E-state index in [4.69, 9.17) is 14.2 Å². The van der Waals surface area contributed by atoms with Crippen LogP contribution in [-0.4, -0.2) is 51.3 Å². The number of benzene rings is 1. The Bertz CT molecular complexity index is 1020. The van der Waals surface area contributed by atoms with Crippen molar-refractivity contribution in [2.75, 3.05) is 25.7 Å². The van der Waals surface area contributed by atoms with Crippen LogP contribution in [-0.2, 0) is 17.9 Å². The summed E-state index contributed by atoms with van der Waals surface area (Å²) in [7, 11) is 3.51. The zero-order chi connectivity index (χ0) is 21.1. The fourth-order valence-corrected chi connectivity index (χ4v) is 2.99. The molecule has 1 aliphatic heterocycles. The summed E-state index contributed by atoms with van der Waals surface area (Å²) in [4.78, 5) is 24.8. The summed E-state index contributed by atoms with van der Waals surface area (Å²) in [6.45, 7) is 0.995. The van der Waals surface area contributed by atoms with Crippen molar-refractivity contribution in [3.63, 3.8) is 0 Å². The van der Waals surface area contributed by atoms with E-state index >= 15 is 0 Å². The van der Waals surface area contributed by atoms with E-state index in [1.54, 1.807) is 24.1 Å². The molecule has 3 aromatic rings. The molecule has 3 heterocycles. The molecule has 0 aliphatic carbocycles. The predicted molar refractivity (Wildman–Crippen MR) is 106 cm³/mol. The summed E-state index contributed by atoms with van der Waals surface area (Å²) < 4.78 is 18.1. The van der Waals surface area contributed by atoms with Crippen molar-refractivity contribution in [2.45, 2.75) is 19.3 Å². The smallest absolute Gasteiger partial charge is 0.414 e. The maximum atomic E-state index is 10.8. The SMILES string of the molecule is COc1ccc(N(C)c2ncc(CO[C@@H]3COc4nc([N+](=O)[O-])cn4C3)cn2)cc1. The average molecular weight is 412 g/mol. The van der Waals surface area contributed by atoms with Crippen LogP contribution in [0.1, 0.15) is 5.56 Å². The van der Waals surface area contributed by atoms with Crippen LogP contribution < -0.4 is 14.4 Å². The van der Waals surface area contributed by atoms with Gasteiger partial charge in [-0.15, -0.1) is 0 Å². The molecule has 1 aliphatic rings. The number of imidazole rings is 1. The first kappa shape index (κ1) is 19.6. The molecule has 11 heteroatoms. The lowest BCUT2D eigenvalue weighted by atomic mass is 10.3. The molecule has 30 heavy (non-hydrogen) atoms. The van der Waals surface area contributed by atoms with E-state index in [1.807, 2.05) is 36.2 Å². The fraction of sp³-hybridized carbons (Fsp3) is 0.316. The first-order valence-corrected chi connectivity index (χ1v) is 9.18. The molecule has 0 amide bonds. The number of nitrogens with zero attached hydrogens (tertiary/aromatic N) is 6. The second kappa shape index (κ2) is 8.33. The number of nitro groups is 1. The van der Waals surface area contributed by atoms with Gasteiger partial charge in [-0.2, -0.15) is 0 Å². The van der Waals surface area contributed by atoms with Crippen LogP contribution in [0.15, 0.2) is 42.9 Å². The van der Waals surface area contributed by atoms with Crippen molar-refractivity contribution in [3.05, 3.63) is 58.5 Å². The Balaban J connectivity index is 1.34. The molecule has 1 aromatic carbocycles. The van der Waals surface area contributed by atoms with Gasteiger partial charge in [-0.3, -0.25) is 4.57 Å². The first-order chi connectivity index (χ1) is 14.5. The average Bonchev–Trinajstić information content (AvgIpc) is 3.21. The predicted octanol–water partition coefficient (Wildman–Crippen LogP) is 2.34. The molecule has 156 valence electrons. The molecule has 1 atom stereocenters. The summed E-state index contributed by atoms with van der Waals surface area (Å²) in [5, 5.41) is 10.8. The fourth-order valence-electron chi connectivity index (χ4n) is 2.99. The minimum absolute atomic E-state index is 0.232. The number of hydrogen-bond donors (Lipinski definition) is 0. The van der Waals surface area contributed by atoms with Gasteiger partial charge in [-0.05, 0) is 29.2 Å². The molecule has 0 saturated heterocycles. The number of rotatable bonds is 7. The van der Waals surface area contributed by atoms with E-state index in [2.05, 4.69) is 15.0 Å². The van der Waals surface area contributed by atoms with Crippen molar-refractivity contribution in [2.24, 2.45) is 0 Å². The van der Waals surface area contributed by atoms with E-state index in [0.717, 1.165) is 17.0 Å². The van der Waals surface area contributed by atoms with Crippen molar-refractivity contribution in [3.8, 4) is 11.8 Å². The van der Waals surface area contributed by atoms with Crippen LogP contribution in [0.5, 0.6) is 11.8 Å². The molecular formula is C19H20N6O5. The van der Waals surface area contributed by atoms with E-state index in [1.165, 1.54) is 6.20 Å². The van der Waals surface area contributed by atoms with Gasteiger partial charge >= 0.3 is 11.8 Å². The Morgan fingerprint density at radius 2 is 2.03 bits per heavy atom. The molecular weight excluding hydrogens is 392 g/mol. The van der Waals surface area contributed by atoms with Crippen LogP contribution in [0.2, 0.25) is 0 Å². The third-order valence-corrected chi connectivity index (χ3v) is 4.65. The number of ether oxygens (including phenoxy) is 3. The topological polar surface area (TPSA) is 118 Å². The Kier molecular flexibility index (Phi) is 5.44. The van der Waals surface area contributed by atoms with Gasteiger partial charge in [0, 0.05) is 35.7 Å². The highest BCUT2D eigenvalue weighted by molar-refractivity contribution is 5.57. The highest BCUT2D eigenvalue weighted by Crippen LogP contribution is 2.24. The standard InChI is InChI=1S/C19H20N6O5/c1-23(14-3-5-15(28-2)6-4-14)18-20-7-13(8-21-18)11-29-16-9-24-10-17(25(26)27)22-19(24)30-12-16/h3-8,10,16H,9,11-12H2,1-2H3/t16-/m0/s1. The maximum absolute atomic E-state index is 10.8. The van der Waals surface area contributed by atoms with Crippen molar-refractivity contribution in [1.82, 2.24) is 19.5 Å².